The highest BCUT2D eigenvalue weighted by Crippen LogP contribution is 2.30. The van der Waals surface area contributed by atoms with Gasteiger partial charge in [-0.1, -0.05) is 0 Å². The fraction of sp³-hybridized carbons (Fsp3) is 0.500. The van der Waals surface area contributed by atoms with Crippen LogP contribution in [0.3, 0.4) is 0 Å². The Morgan fingerprint density at radius 1 is 1.24 bits per heavy atom. The molecule has 2 rings (SSSR count). The third-order valence-corrected chi connectivity index (χ3v) is 3.12. The molecule has 17 heavy (non-hydrogen) atoms. The average Bonchev–Trinajstić information content (AvgIpc) is 2.80. The van der Waals surface area contributed by atoms with Crippen LogP contribution in [0.5, 0.6) is 0 Å². The first-order valence-corrected chi connectivity index (χ1v) is 5.53. The highest BCUT2D eigenvalue weighted by atomic mass is 19.2. The van der Waals surface area contributed by atoms with Gasteiger partial charge in [-0.2, -0.15) is 0 Å². The molecule has 1 saturated heterocycles. The zero-order valence-corrected chi connectivity index (χ0v) is 9.47. The summed E-state index contributed by atoms with van der Waals surface area (Å²) >= 11 is 0. The Kier molecular flexibility index (Phi) is 3.69. The van der Waals surface area contributed by atoms with Gasteiger partial charge in [-0.3, -0.25) is 0 Å². The van der Waals surface area contributed by atoms with Gasteiger partial charge in [-0.15, -0.1) is 0 Å². The molecule has 2 atom stereocenters. The van der Waals surface area contributed by atoms with E-state index in [1.54, 1.807) is 7.05 Å². The quantitative estimate of drug-likeness (QED) is 0.826. The van der Waals surface area contributed by atoms with Gasteiger partial charge in [0.1, 0.15) is 5.82 Å². The fourth-order valence-corrected chi connectivity index (χ4v) is 2.24. The van der Waals surface area contributed by atoms with Crippen molar-refractivity contribution in [2.75, 3.05) is 20.3 Å². The molecule has 1 aliphatic rings. The molecule has 1 N–H and O–H groups in total. The molecule has 0 aromatic heterocycles. The second-order valence-electron chi connectivity index (χ2n) is 4.18. The van der Waals surface area contributed by atoms with Crippen LogP contribution in [0.25, 0.3) is 0 Å². The Labute approximate surface area is 97.8 Å². The number of hydrogen-bond donors (Lipinski definition) is 1. The molecule has 2 nitrogen and oxygen atoms in total. The van der Waals surface area contributed by atoms with Crippen molar-refractivity contribution >= 4 is 0 Å². The first kappa shape index (κ1) is 12.4. The molecule has 1 fully saturated rings. The summed E-state index contributed by atoms with van der Waals surface area (Å²) in [5.74, 6) is -2.83. The lowest BCUT2D eigenvalue weighted by molar-refractivity contribution is 0.177. The zero-order chi connectivity index (χ0) is 12.4. The van der Waals surface area contributed by atoms with E-state index in [1.807, 2.05) is 0 Å². The summed E-state index contributed by atoms with van der Waals surface area (Å²) < 4.78 is 44.8. The summed E-state index contributed by atoms with van der Waals surface area (Å²) in [6.07, 6.45) is 0.782. The van der Waals surface area contributed by atoms with Crippen LogP contribution in [-0.2, 0) is 4.74 Å². The van der Waals surface area contributed by atoms with E-state index in [-0.39, 0.29) is 17.5 Å². The highest BCUT2D eigenvalue weighted by molar-refractivity contribution is 5.24. The molecule has 1 aliphatic heterocycles. The summed E-state index contributed by atoms with van der Waals surface area (Å²) in [7, 11) is 1.67. The average molecular weight is 245 g/mol. The van der Waals surface area contributed by atoms with E-state index >= 15 is 0 Å². The molecule has 0 spiro atoms. The van der Waals surface area contributed by atoms with E-state index < -0.39 is 17.5 Å². The molecule has 0 amide bonds. The van der Waals surface area contributed by atoms with Gasteiger partial charge in [0.15, 0.2) is 11.6 Å². The number of rotatable bonds is 3. The second-order valence-corrected chi connectivity index (χ2v) is 4.18. The number of hydrogen-bond acceptors (Lipinski definition) is 2. The van der Waals surface area contributed by atoms with Crippen molar-refractivity contribution in [1.82, 2.24) is 5.32 Å². The molecule has 0 aliphatic carbocycles. The van der Waals surface area contributed by atoms with Crippen LogP contribution in [-0.4, -0.2) is 20.3 Å². The predicted octanol–water partition coefficient (Wildman–Crippen LogP) is 2.40. The maximum Gasteiger partial charge on any atom is 0.161 e. The summed E-state index contributed by atoms with van der Waals surface area (Å²) in [5.41, 5.74) is 0.155. The van der Waals surface area contributed by atoms with Gasteiger partial charge in [-0.05, 0) is 19.5 Å². The van der Waals surface area contributed by atoms with Crippen molar-refractivity contribution in [2.24, 2.45) is 5.92 Å². The minimum Gasteiger partial charge on any atom is -0.381 e. The largest absolute Gasteiger partial charge is 0.381 e. The fourth-order valence-electron chi connectivity index (χ4n) is 2.24. The van der Waals surface area contributed by atoms with Gasteiger partial charge in [-0.25, -0.2) is 13.2 Å². The Morgan fingerprint density at radius 2 is 1.94 bits per heavy atom. The first-order chi connectivity index (χ1) is 8.13. The van der Waals surface area contributed by atoms with Crippen molar-refractivity contribution in [2.45, 2.75) is 12.5 Å². The molecule has 0 saturated carbocycles. The van der Waals surface area contributed by atoms with Crippen molar-refractivity contribution in [3.8, 4) is 0 Å². The van der Waals surface area contributed by atoms with Crippen LogP contribution in [0.4, 0.5) is 13.2 Å². The molecule has 2 unspecified atom stereocenters. The molecule has 0 radical (unpaired) electrons. The molecular weight excluding hydrogens is 231 g/mol. The van der Waals surface area contributed by atoms with Gasteiger partial charge in [0.2, 0.25) is 0 Å². The molecule has 1 heterocycles. The topological polar surface area (TPSA) is 21.3 Å². The maximum absolute atomic E-state index is 13.6. The normalized spacial score (nSPS) is 21.8. The summed E-state index contributed by atoms with van der Waals surface area (Å²) in [6.45, 7) is 1.12. The number of benzene rings is 1. The highest BCUT2D eigenvalue weighted by Gasteiger charge is 2.28. The third kappa shape index (κ3) is 2.45. The van der Waals surface area contributed by atoms with E-state index in [4.69, 9.17) is 4.74 Å². The SMILES string of the molecule is CNC(c1cc(F)c(F)cc1F)C1CCOC1. The Bertz CT molecular complexity index is 405. The van der Waals surface area contributed by atoms with E-state index in [9.17, 15) is 13.2 Å². The minimum atomic E-state index is -1.16. The van der Waals surface area contributed by atoms with Crippen LogP contribution in [0.2, 0.25) is 0 Å². The van der Waals surface area contributed by atoms with Crippen molar-refractivity contribution in [3.05, 3.63) is 35.1 Å². The molecular formula is C12H14F3NO. The molecule has 94 valence electrons. The Balaban J connectivity index is 2.32. The molecule has 5 heteroatoms. The maximum atomic E-state index is 13.6. The lowest BCUT2D eigenvalue weighted by Crippen LogP contribution is -2.26. The van der Waals surface area contributed by atoms with E-state index in [0.29, 0.717) is 19.3 Å². The second kappa shape index (κ2) is 5.06. The lowest BCUT2D eigenvalue weighted by Gasteiger charge is -2.22. The van der Waals surface area contributed by atoms with Crippen LogP contribution >= 0.6 is 0 Å². The van der Waals surface area contributed by atoms with Crippen LogP contribution in [0.1, 0.15) is 18.0 Å². The summed E-state index contributed by atoms with van der Waals surface area (Å²) in [6, 6.07) is 1.15. The van der Waals surface area contributed by atoms with Crippen LogP contribution < -0.4 is 5.32 Å². The van der Waals surface area contributed by atoms with Gasteiger partial charge in [0.25, 0.3) is 0 Å². The van der Waals surface area contributed by atoms with E-state index in [1.165, 1.54) is 0 Å². The predicted molar refractivity (Wildman–Crippen MR) is 57.0 cm³/mol. The minimum absolute atomic E-state index is 0.0827. The molecule has 0 bridgehead atoms. The van der Waals surface area contributed by atoms with Crippen LogP contribution in [0, 0.1) is 23.4 Å². The monoisotopic (exact) mass is 245 g/mol. The van der Waals surface area contributed by atoms with Gasteiger partial charge in [0, 0.05) is 30.2 Å². The van der Waals surface area contributed by atoms with Crippen molar-refractivity contribution in [1.29, 1.82) is 0 Å². The summed E-state index contributed by atoms with van der Waals surface area (Å²) in [4.78, 5) is 0. The van der Waals surface area contributed by atoms with Crippen molar-refractivity contribution in [3.63, 3.8) is 0 Å². The number of nitrogens with one attached hydrogen (secondary N) is 1. The van der Waals surface area contributed by atoms with E-state index in [2.05, 4.69) is 5.32 Å². The van der Waals surface area contributed by atoms with E-state index in [0.717, 1.165) is 12.5 Å². The number of ether oxygens (including phenoxy) is 1. The summed E-state index contributed by atoms with van der Waals surface area (Å²) in [5, 5.41) is 2.94. The van der Waals surface area contributed by atoms with Gasteiger partial charge < -0.3 is 10.1 Å². The van der Waals surface area contributed by atoms with Gasteiger partial charge >= 0.3 is 0 Å². The number of halogens is 3. The smallest absolute Gasteiger partial charge is 0.161 e. The lowest BCUT2D eigenvalue weighted by atomic mass is 9.92. The third-order valence-electron chi connectivity index (χ3n) is 3.12. The Morgan fingerprint density at radius 3 is 2.53 bits per heavy atom. The van der Waals surface area contributed by atoms with Crippen molar-refractivity contribution < 1.29 is 17.9 Å². The molecule has 1 aromatic rings. The Hall–Kier alpha value is -1.07. The van der Waals surface area contributed by atoms with Crippen LogP contribution in [0.15, 0.2) is 12.1 Å². The zero-order valence-electron chi connectivity index (χ0n) is 9.47. The molecule has 1 aromatic carbocycles. The first-order valence-electron chi connectivity index (χ1n) is 5.53. The van der Waals surface area contributed by atoms with Gasteiger partial charge in [0.05, 0.1) is 6.61 Å². The standard InChI is InChI=1S/C12H14F3NO/c1-16-12(7-2-3-17-6-7)8-4-10(14)11(15)5-9(8)13/h4-5,7,12,16H,2-3,6H2,1H3.